The van der Waals surface area contributed by atoms with Gasteiger partial charge >= 0.3 is 0 Å². The number of benzene rings is 1. The molecule has 0 atom stereocenters. The van der Waals surface area contributed by atoms with Crippen LogP contribution in [0.4, 0.5) is 15.1 Å². The third-order valence-electron chi connectivity index (χ3n) is 3.03. The Kier molecular flexibility index (Phi) is 3.89. The molecule has 0 aliphatic carbocycles. The molecule has 1 aromatic heterocycles. The second-order valence-electron chi connectivity index (χ2n) is 4.36. The van der Waals surface area contributed by atoms with Gasteiger partial charge in [0.05, 0.1) is 11.3 Å². The van der Waals surface area contributed by atoms with Crippen molar-refractivity contribution < 1.29 is 12.8 Å². The molecule has 110 valence electrons. The van der Waals surface area contributed by atoms with Gasteiger partial charge in [-0.2, -0.15) is 5.26 Å². The minimum absolute atomic E-state index is 0.205. The lowest BCUT2D eigenvalue weighted by Crippen LogP contribution is -2.15. The van der Waals surface area contributed by atoms with Gasteiger partial charge in [0, 0.05) is 4.88 Å². The zero-order valence-electron chi connectivity index (χ0n) is 11.3. The molecule has 1 heterocycles. The van der Waals surface area contributed by atoms with Crippen molar-refractivity contribution in [3.05, 3.63) is 40.0 Å². The monoisotopic (exact) mass is 325 g/mol. The van der Waals surface area contributed by atoms with Crippen molar-refractivity contribution in [3.8, 4) is 6.07 Å². The number of nitrogens with two attached hydrogens (primary N) is 1. The van der Waals surface area contributed by atoms with Crippen LogP contribution in [0.5, 0.6) is 0 Å². The van der Waals surface area contributed by atoms with E-state index in [2.05, 4.69) is 4.72 Å². The highest BCUT2D eigenvalue weighted by Gasteiger charge is 2.23. The largest absolute Gasteiger partial charge is 0.395 e. The fourth-order valence-corrected chi connectivity index (χ4v) is 4.22. The number of aryl methyl sites for hydroxylation is 1. The maximum atomic E-state index is 13.4. The van der Waals surface area contributed by atoms with E-state index in [0.717, 1.165) is 22.3 Å². The number of thiophene rings is 1. The van der Waals surface area contributed by atoms with Crippen LogP contribution >= 0.6 is 11.3 Å². The predicted octanol–water partition coefficient (Wildman–Crippen LogP) is 2.76. The minimum Gasteiger partial charge on any atom is -0.395 e. The second-order valence-corrected chi connectivity index (χ2v) is 7.23. The number of sulfonamides is 1. The summed E-state index contributed by atoms with van der Waals surface area (Å²) in [5, 5.41) is 9.32. The van der Waals surface area contributed by atoms with Crippen LogP contribution in [0.1, 0.15) is 16.0 Å². The van der Waals surface area contributed by atoms with E-state index in [9.17, 15) is 12.8 Å². The van der Waals surface area contributed by atoms with Crippen LogP contribution in [-0.2, 0) is 10.0 Å². The van der Waals surface area contributed by atoms with Gasteiger partial charge in [-0.25, -0.2) is 12.8 Å². The van der Waals surface area contributed by atoms with E-state index in [1.165, 1.54) is 12.1 Å². The Balaban J connectivity index is 2.51. The zero-order valence-corrected chi connectivity index (χ0v) is 12.9. The summed E-state index contributed by atoms with van der Waals surface area (Å²) in [7, 11) is -4.06. The second kappa shape index (κ2) is 5.35. The summed E-state index contributed by atoms with van der Waals surface area (Å²) in [6, 6.07) is 5.51. The van der Waals surface area contributed by atoms with Crippen LogP contribution in [-0.4, -0.2) is 8.42 Å². The summed E-state index contributed by atoms with van der Waals surface area (Å²) in [5.41, 5.74) is 6.00. The summed E-state index contributed by atoms with van der Waals surface area (Å²) < 4.78 is 40.3. The molecule has 0 spiro atoms. The van der Waals surface area contributed by atoms with Crippen LogP contribution in [0, 0.1) is 31.0 Å². The zero-order chi connectivity index (χ0) is 15.8. The number of hydrogen-bond donors (Lipinski definition) is 2. The fraction of sp³-hybridized carbons (Fsp3) is 0.154. The van der Waals surface area contributed by atoms with Gasteiger partial charge in [0.15, 0.2) is 0 Å². The van der Waals surface area contributed by atoms with Gasteiger partial charge in [-0.3, -0.25) is 4.72 Å². The Morgan fingerprint density at radius 1 is 1.38 bits per heavy atom. The summed E-state index contributed by atoms with van der Waals surface area (Å²) in [6.45, 7) is 3.52. The van der Waals surface area contributed by atoms with Crippen LogP contribution < -0.4 is 10.5 Å². The fourth-order valence-electron chi connectivity index (χ4n) is 1.76. The van der Waals surface area contributed by atoms with E-state index in [1.54, 1.807) is 13.8 Å². The molecule has 2 rings (SSSR count). The highest BCUT2D eigenvalue weighted by molar-refractivity contribution is 7.93. The third kappa shape index (κ3) is 2.70. The molecular weight excluding hydrogens is 313 g/mol. The molecule has 8 heteroatoms. The first kappa shape index (κ1) is 15.3. The highest BCUT2D eigenvalue weighted by atomic mass is 32.2. The Labute approximate surface area is 125 Å². The van der Waals surface area contributed by atoms with Crippen molar-refractivity contribution in [2.75, 3.05) is 10.5 Å². The lowest BCUT2D eigenvalue weighted by Gasteiger charge is -2.09. The molecule has 0 bridgehead atoms. The van der Waals surface area contributed by atoms with Crippen molar-refractivity contribution in [1.29, 1.82) is 5.26 Å². The Morgan fingerprint density at radius 3 is 2.67 bits per heavy atom. The molecule has 5 nitrogen and oxygen atoms in total. The average molecular weight is 325 g/mol. The molecule has 0 saturated carbocycles. The first-order valence-corrected chi connectivity index (χ1v) is 8.14. The lowest BCUT2D eigenvalue weighted by atomic mass is 10.2. The molecule has 0 fully saturated rings. The highest BCUT2D eigenvalue weighted by Crippen LogP contribution is 2.34. The number of para-hydroxylation sites is 1. The molecule has 0 amide bonds. The van der Waals surface area contributed by atoms with Gasteiger partial charge in [0.25, 0.3) is 10.0 Å². The number of rotatable bonds is 3. The number of nitriles is 1. The standard InChI is InChI=1S/C13H12FN3O2S2/c1-7-8(2)20-13(9(7)6-15)17-21(18,19)11-5-3-4-10(14)12(11)16/h3-5,17H,16H2,1-2H3. The Bertz CT molecular complexity index is 851. The SMILES string of the molecule is Cc1sc(NS(=O)(=O)c2cccc(F)c2N)c(C#N)c1C. The molecule has 0 aliphatic heterocycles. The molecule has 1 aromatic carbocycles. The molecule has 0 saturated heterocycles. The minimum atomic E-state index is -4.06. The van der Waals surface area contributed by atoms with Crippen molar-refractivity contribution in [1.82, 2.24) is 0 Å². The summed E-state index contributed by atoms with van der Waals surface area (Å²) in [6.07, 6.45) is 0. The van der Waals surface area contributed by atoms with E-state index >= 15 is 0 Å². The van der Waals surface area contributed by atoms with Crippen molar-refractivity contribution in [2.24, 2.45) is 0 Å². The molecule has 0 unspecified atom stereocenters. The van der Waals surface area contributed by atoms with Crippen molar-refractivity contribution in [2.45, 2.75) is 18.7 Å². The first-order valence-electron chi connectivity index (χ1n) is 5.85. The maximum Gasteiger partial charge on any atom is 0.264 e. The molecule has 3 N–H and O–H groups in total. The molecular formula is C13H12FN3O2S2. The van der Waals surface area contributed by atoms with E-state index in [4.69, 9.17) is 11.0 Å². The maximum absolute atomic E-state index is 13.4. The van der Waals surface area contributed by atoms with E-state index in [0.29, 0.717) is 5.56 Å². The first-order chi connectivity index (χ1) is 9.77. The summed E-state index contributed by atoms with van der Waals surface area (Å²) in [5.74, 6) is -0.808. The quantitative estimate of drug-likeness (QED) is 0.848. The van der Waals surface area contributed by atoms with Gasteiger partial charge in [-0.15, -0.1) is 11.3 Å². The summed E-state index contributed by atoms with van der Waals surface area (Å²) >= 11 is 1.15. The Hall–Kier alpha value is -2.11. The van der Waals surface area contributed by atoms with Crippen molar-refractivity contribution in [3.63, 3.8) is 0 Å². The molecule has 2 aromatic rings. The Morgan fingerprint density at radius 2 is 2.05 bits per heavy atom. The number of halogens is 1. The topological polar surface area (TPSA) is 96.0 Å². The van der Waals surface area contributed by atoms with Gasteiger partial charge in [-0.05, 0) is 31.5 Å². The van der Waals surface area contributed by atoms with Crippen LogP contribution in [0.25, 0.3) is 0 Å². The van der Waals surface area contributed by atoms with Gasteiger partial charge in [0.2, 0.25) is 0 Å². The smallest absolute Gasteiger partial charge is 0.264 e. The van der Waals surface area contributed by atoms with Crippen molar-refractivity contribution >= 4 is 32.0 Å². The van der Waals surface area contributed by atoms with Gasteiger partial charge < -0.3 is 5.73 Å². The van der Waals surface area contributed by atoms with Gasteiger partial charge in [0.1, 0.15) is 21.8 Å². The summed E-state index contributed by atoms with van der Waals surface area (Å²) in [4.78, 5) is 0.478. The molecule has 21 heavy (non-hydrogen) atoms. The van der Waals surface area contributed by atoms with Crippen LogP contribution in [0.3, 0.4) is 0 Å². The number of nitrogen functional groups attached to an aromatic ring is 1. The van der Waals surface area contributed by atoms with E-state index < -0.39 is 21.5 Å². The van der Waals surface area contributed by atoms with Gasteiger partial charge in [-0.1, -0.05) is 6.07 Å². The number of hydrogen-bond acceptors (Lipinski definition) is 5. The number of nitrogens with one attached hydrogen (secondary N) is 1. The van der Waals surface area contributed by atoms with E-state index in [1.807, 2.05) is 6.07 Å². The average Bonchev–Trinajstić information content (AvgIpc) is 2.66. The predicted molar refractivity (Wildman–Crippen MR) is 80.1 cm³/mol. The molecule has 0 aliphatic rings. The normalized spacial score (nSPS) is 11.1. The number of anilines is 2. The number of nitrogens with zero attached hydrogens (tertiary/aromatic N) is 1. The molecule has 0 radical (unpaired) electrons. The lowest BCUT2D eigenvalue weighted by molar-refractivity contribution is 0.597. The van der Waals surface area contributed by atoms with Crippen LogP contribution in [0.15, 0.2) is 23.1 Å². The third-order valence-corrected chi connectivity index (χ3v) is 5.69. The van der Waals surface area contributed by atoms with E-state index in [-0.39, 0.29) is 15.5 Å². The van der Waals surface area contributed by atoms with Crippen LogP contribution in [0.2, 0.25) is 0 Å².